The van der Waals surface area contributed by atoms with Crippen molar-refractivity contribution in [3.8, 4) is 21.3 Å². The lowest BCUT2D eigenvalue weighted by Crippen LogP contribution is -2.27. The average Bonchev–Trinajstić information content (AvgIpc) is 3.26. The molecule has 1 N–H and O–H groups in total. The SMILES string of the molecule is Cc1ncccc1Oc1sc(C(=O)NCCC(C)(C)C)c2c1-c1sncc1CC2. The molecule has 3 aromatic rings. The van der Waals surface area contributed by atoms with Gasteiger partial charge in [-0.3, -0.25) is 9.78 Å². The number of thiophene rings is 1. The number of amides is 1. The molecule has 0 bridgehead atoms. The fourth-order valence-corrected chi connectivity index (χ4v) is 5.44. The minimum atomic E-state index is -0.0128. The van der Waals surface area contributed by atoms with Gasteiger partial charge in [-0.2, -0.15) is 0 Å². The molecule has 3 aromatic heterocycles. The van der Waals surface area contributed by atoms with Crippen molar-refractivity contribution >= 4 is 28.8 Å². The van der Waals surface area contributed by atoms with Crippen molar-refractivity contribution in [1.29, 1.82) is 0 Å². The Morgan fingerprint density at radius 3 is 2.90 bits per heavy atom. The third-order valence-electron chi connectivity index (χ3n) is 5.02. The van der Waals surface area contributed by atoms with Crippen LogP contribution in [0.1, 0.15) is 53.7 Å². The zero-order chi connectivity index (χ0) is 20.6. The molecule has 0 unspecified atom stereocenters. The summed E-state index contributed by atoms with van der Waals surface area (Å²) < 4.78 is 10.7. The molecule has 5 nitrogen and oxygen atoms in total. The van der Waals surface area contributed by atoms with Gasteiger partial charge in [0.15, 0.2) is 5.06 Å². The van der Waals surface area contributed by atoms with E-state index in [0.717, 1.165) is 50.9 Å². The van der Waals surface area contributed by atoms with Crippen molar-refractivity contribution in [1.82, 2.24) is 14.7 Å². The topological polar surface area (TPSA) is 64.1 Å². The number of nitrogens with one attached hydrogen (secondary N) is 1. The second-order valence-corrected chi connectivity index (χ2v) is 10.3. The van der Waals surface area contributed by atoms with Crippen LogP contribution in [0.25, 0.3) is 10.4 Å². The summed E-state index contributed by atoms with van der Waals surface area (Å²) in [6.07, 6.45) is 6.35. The Bertz CT molecular complexity index is 1050. The van der Waals surface area contributed by atoms with E-state index in [1.165, 1.54) is 28.4 Å². The number of carbonyl (C=O) groups excluding carboxylic acids is 1. The molecule has 4 rings (SSSR count). The van der Waals surface area contributed by atoms with E-state index >= 15 is 0 Å². The van der Waals surface area contributed by atoms with Crippen molar-refractivity contribution in [2.45, 2.75) is 47.0 Å². The molecule has 29 heavy (non-hydrogen) atoms. The highest BCUT2D eigenvalue weighted by Crippen LogP contribution is 2.50. The third kappa shape index (κ3) is 4.21. The van der Waals surface area contributed by atoms with Crippen LogP contribution in [0.15, 0.2) is 24.5 Å². The fourth-order valence-electron chi connectivity index (χ4n) is 3.38. The summed E-state index contributed by atoms with van der Waals surface area (Å²) in [6, 6.07) is 3.77. The predicted molar refractivity (Wildman–Crippen MR) is 118 cm³/mol. The molecule has 0 atom stereocenters. The number of fused-ring (bicyclic) bond motifs is 3. The first-order chi connectivity index (χ1) is 13.8. The first-order valence-corrected chi connectivity index (χ1v) is 11.4. The van der Waals surface area contributed by atoms with Gasteiger partial charge in [0.25, 0.3) is 5.91 Å². The van der Waals surface area contributed by atoms with E-state index in [-0.39, 0.29) is 11.3 Å². The maximum atomic E-state index is 13.0. The van der Waals surface area contributed by atoms with Gasteiger partial charge in [-0.1, -0.05) is 32.1 Å². The normalized spacial score (nSPS) is 13.0. The van der Waals surface area contributed by atoms with E-state index in [4.69, 9.17) is 4.74 Å². The molecule has 0 saturated carbocycles. The van der Waals surface area contributed by atoms with Gasteiger partial charge in [0, 0.05) is 18.9 Å². The summed E-state index contributed by atoms with van der Waals surface area (Å²) in [6.45, 7) is 9.13. The second kappa shape index (κ2) is 7.88. The number of carbonyl (C=O) groups is 1. The van der Waals surface area contributed by atoms with Crippen LogP contribution in [0.2, 0.25) is 0 Å². The summed E-state index contributed by atoms with van der Waals surface area (Å²) >= 11 is 2.90. The fraction of sp³-hybridized carbons (Fsp3) is 0.409. The molecule has 0 fully saturated rings. The lowest BCUT2D eigenvalue weighted by molar-refractivity contribution is 0.0952. The number of pyridine rings is 1. The Kier molecular flexibility index (Phi) is 5.44. The molecule has 3 heterocycles. The smallest absolute Gasteiger partial charge is 0.261 e. The monoisotopic (exact) mass is 427 g/mol. The van der Waals surface area contributed by atoms with Gasteiger partial charge < -0.3 is 10.1 Å². The van der Waals surface area contributed by atoms with E-state index in [2.05, 4.69) is 35.4 Å². The quantitative estimate of drug-likeness (QED) is 0.573. The van der Waals surface area contributed by atoms with E-state index < -0.39 is 0 Å². The zero-order valence-corrected chi connectivity index (χ0v) is 18.8. The summed E-state index contributed by atoms with van der Waals surface area (Å²) in [5.41, 5.74) is 4.35. The van der Waals surface area contributed by atoms with Crippen molar-refractivity contribution in [2.75, 3.05) is 6.54 Å². The number of rotatable bonds is 5. The third-order valence-corrected chi connectivity index (χ3v) is 6.99. The Labute approximate surface area is 179 Å². The van der Waals surface area contributed by atoms with Gasteiger partial charge in [0.2, 0.25) is 0 Å². The number of ether oxygens (including phenoxy) is 1. The van der Waals surface area contributed by atoms with Crippen LogP contribution in [0.4, 0.5) is 0 Å². The van der Waals surface area contributed by atoms with Gasteiger partial charge in [-0.05, 0) is 66.4 Å². The van der Waals surface area contributed by atoms with Crippen LogP contribution in [-0.4, -0.2) is 21.8 Å². The lowest BCUT2D eigenvalue weighted by Gasteiger charge is -2.18. The van der Waals surface area contributed by atoms with Gasteiger partial charge >= 0.3 is 0 Å². The molecule has 0 saturated heterocycles. The van der Waals surface area contributed by atoms with Crippen LogP contribution < -0.4 is 10.1 Å². The van der Waals surface area contributed by atoms with E-state index in [0.29, 0.717) is 12.3 Å². The Balaban J connectivity index is 1.69. The maximum absolute atomic E-state index is 13.0. The highest BCUT2D eigenvalue weighted by atomic mass is 32.1. The van der Waals surface area contributed by atoms with E-state index in [9.17, 15) is 4.79 Å². The molecule has 1 amide bonds. The van der Waals surface area contributed by atoms with Crippen LogP contribution in [0.3, 0.4) is 0 Å². The summed E-state index contributed by atoms with van der Waals surface area (Å²) in [5.74, 6) is 0.703. The molecule has 0 radical (unpaired) electrons. The number of aromatic nitrogens is 2. The molecule has 1 aliphatic rings. The van der Waals surface area contributed by atoms with Gasteiger partial charge in [0.05, 0.1) is 21.0 Å². The Morgan fingerprint density at radius 2 is 2.14 bits per heavy atom. The van der Waals surface area contributed by atoms with Crippen LogP contribution in [-0.2, 0) is 12.8 Å². The van der Waals surface area contributed by atoms with Crippen LogP contribution in [0, 0.1) is 12.3 Å². The number of hydrogen-bond acceptors (Lipinski definition) is 6. The molecule has 1 aliphatic carbocycles. The molecular formula is C22H25N3O2S2. The highest BCUT2D eigenvalue weighted by molar-refractivity contribution is 7.17. The molecule has 152 valence electrons. The van der Waals surface area contributed by atoms with Crippen molar-refractivity contribution in [3.05, 3.63) is 46.2 Å². The van der Waals surface area contributed by atoms with Crippen molar-refractivity contribution < 1.29 is 9.53 Å². The van der Waals surface area contributed by atoms with Crippen LogP contribution >= 0.6 is 22.9 Å². The van der Waals surface area contributed by atoms with Crippen molar-refractivity contribution in [2.24, 2.45) is 5.41 Å². The predicted octanol–water partition coefficient (Wildman–Crippen LogP) is 5.63. The second-order valence-electron chi connectivity index (χ2n) is 8.51. The van der Waals surface area contributed by atoms with Gasteiger partial charge in [0.1, 0.15) is 5.75 Å². The summed E-state index contributed by atoms with van der Waals surface area (Å²) in [4.78, 5) is 19.2. The average molecular weight is 428 g/mol. The molecular weight excluding hydrogens is 402 g/mol. The van der Waals surface area contributed by atoms with Crippen molar-refractivity contribution in [3.63, 3.8) is 0 Å². The molecule has 0 aliphatic heterocycles. The number of hydrogen-bond donors (Lipinski definition) is 1. The summed E-state index contributed by atoms with van der Waals surface area (Å²) in [5, 5.41) is 3.86. The molecule has 7 heteroatoms. The first-order valence-electron chi connectivity index (χ1n) is 9.81. The Hall–Kier alpha value is -2.25. The Morgan fingerprint density at radius 1 is 1.31 bits per heavy atom. The van der Waals surface area contributed by atoms with Gasteiger partial charge in [-0.25, -0.2) is 4.37 Å². The largest absolute Gasteiger partial charge is 0.444 e. The molecule has 0 aromatic carbocycles. The molecule has 0 spiro atoms. The zero-order valence-electron chi connectivity index (χ0n) is 17.2. The van der Waals surface area contributed by atoms with E-state index in [1.54, 1.807) is 6.20 Å². The van der Waals surface area contributed by atoms with E-state index in [1.807, 2.05) is 25.3 Å². The maximum Gasteiger partial charge on any atom is 0.261 e. The van der Waals surface area contributed by atoms with Crippen LogP contribution in [0.5, 0.6) is 10.8 Å². The standard InChI is InChI=1S/C22H25N3O2S2/c1-13-16(6-5-10-23-13)27-21-17-15(8-7-14-12-25-29-18(14)17)19(28-21)20(26)24-11-9-22(2,3)4/h5-6,10,12H,7-9,11H2,1-4H3,(H,24,26). The number of aryl methyl sites for hydroxylation is 2. The first kappa shape index (κ1) is 20.0. The minimum Gasteiger partial charge on any atom is -0.444 e. The lowest BCUT2D eigenvalue weighted by atomic mass is 9.92. The highest BCUT2D eigenvalue weighted by Gasteiger charge is 2.31. The minimum absolute atomic E-state index is 0.0128. The number of nitrogens with zero attached hydrogens (tertiary/aromatic N) is 2. The van der Waals surface area contributed by atoms with Gasteiger partial charge in [-0.15, -0.1) is 0 Å². The summed E-state index contributed by atoms with van der Waals surface area (Å²) in [7, 11) is 0.